The standard InChI is InChI=1S/C8H17NO2/c1-5-11-8(10)9-7(4)6(2)3/h6-7H,5H2,1-4H3,(H,9,10)/t7-/m1/s1/i5D2. The normalized spacial score (nSPS) is 16.8. The zero-order chi connectivity index (χ0) is 10.6. The summed E-state index contributed by atoms with van der Waals surface area (Å²) >= 11 is 0. The Morgan fingerprint density at radius 1 is 1.64 bits per heavy atom. The molecule has 0 rings (SSSR count). The predicted molar refractivity (Wildman–Crippen MR) is 44.5 cm³/mol. The van der Waals surface area contributed by atoms with Gasteiger partial charge in [-0.15, -0.1) is 0 Å². The number of nitrogens with one attached hydrogen (secondary N) is 1. The molecule has 1 N–H and O–H groups in total. The van der Waals surface area contributed by atoms with Gasteiger partial charge in [0.25, 0.3) is 0 Å². The number of amides is 1. The van der Waals surface area contributed by atoms with Crippen molar-refractivity contribution in [3.63, 3.8) is 0 Å². The Labute approximate surface area is 70.9 Å². The lowest BCUT2D eigenvalue weighted by molar-refractivity contribution is 0.146. The molecule has 1 amide bonds. The van der Waals surface area contributed by atoms with Gasteiger partial charge in [0, 0.05) is 6.04 Å². The fourth-order valence-corrected chi connectivity index (χ4v) is 0.475. The molecule has 1 atom stereocenters. The van der Waals surface area contributed by atoms with Crippen molar-refractivity contribution >= 4 is 6.09 Å². The van der Waals surface area contributed by atoms with E-state index in [2.05, 4.69) is 10.1 Å². The smallest absolute Gasteiger partial charge is 0.407 e. The Morgan fingerprint density at radius 2 is 2.18 bits per heavy atom. The molecular weight excluding hydrogens is 142 g/mol. The minimum atomic E-state index is -1.92. The lowest BCUT2D eigenvalue weighted by Crippen LogP contribution is -2.36. The van der Waals surface area contributed by atoms with Crippen LogP contribution in [0.1, 0.15) is 30.4 Å². The van der Waals surface area contributed by atoms with Crippen LogP contribution in [0.4, 0.5) is 4.79 Å². The molecule has 66 valence electrons. The minimum Gasteiger partial charge on any atom is -0.450 e. The van der Waals surface area contributed by atoms with Gasteiger partial charge in [-0.05, 0) is 19.8 Å². The van der Waals surface area contributed by atoms with Gasteiger partial charge in [0.15, 0.2) is 0 Å². The summed E-state index contributed by atoms with van der Waals surface area (Å²) in [6, 6.07) is -0.0187. The summed E-state index contributed by atoms with van der Waals surface area (Å²) in [5.41, 5.74) is 0. The molecule has 0 fully saturated rings. The van der Waals surface area contributed by atoms with Gasteiger partial charge in [0.05, 0.1) is 9.30 Å². The Morgan fingerprint density at radius 3 is 2.55 bits per heavy atom. The van der Waals surface area contributed by atoms with E-state index >= 15 is 0 Å². The number of carbonyl (C=O) groups is 1. The first-order valence-corrected chi connectivity index (χ1v) is 3.72. The Kier molecular flexibility index (Phi) is 3.15. The van der Waals surface area contributed by atoms with Crippen LogP contribution in [0.3, 0.4) is 0 Å². The van der Waals surface area contributed by atoms with E-state index in [1.165, 1.54) is 6.92 Å². The summed E-state index contributed by atoms with van der Waals surface area (Å²) in [6.07, 6.45) is -0.714. The van der Waals surface area contributed by atoms with Gasteiger partial charge in [-0.2, -0.15) is 0 Å². The highest BCUT2D eigenvalue weighted by Crippen LogP contribution is 1.99. The highest BCUT2D eigenvalue weighted by Gasteiger charge is 2.10. The second kappa shape index (κ2) is 4.99. The summed E-state index contributed by atoms with van der Waals surface area (Å²) in [5.74, 6) is 0.301. The van der Waals surface area contributed by atoms with Gasteiger partial charge in [0.2, 0.25) is 0 Å². The van der Waals surface area contributed by atoms with Gasteiger partial charge in [-0.1, -0.05) is 13.8 Å². The second-order valence-corrected chi connectivity index (χ2v) is 2.77. The van der Waals surface area contributed by atoms with Crippen LogP contribution in [0.25, 0.3) is 0 Å². The summed E-state index contributed by atoms with van der Waals surface area (Å²) in [6.45, 7) is 5.04. The van der Waals surface area contributed by atoms with Crippen LogP contribution in [0.2, 0.25) is 0 Å². The molecule has 0 aliphatic carbocycles. The third-order valence-electron chi connectivity index (χ3n) is 1.54. The van der Waals surface area contributed by atoms with E-state index in [0.717, 1.165) is 0 Å². The fourth-order valence-electron chi connectivity index (χ4n) is 0.475. The maximum absolute atomic E-state index is 11.0. The maximum atomic E-state index is 11.0. The zero-order valence-corrected chi connectivity index (χ0v) is 7.47. The zero-order valence-electron chi connectivity index (χ0n) is 9.47. The first-order valence-electron chi connectivity index (χ1n) is 4.72. The van der Waals surface area contributed by atoms with Crippen molar-refractivity contribution in [2.45, 2.75) is 33.7 Å². The highest BCUT2D eigenvalue weighted by atomic mass is 16.5. The fraction of sp³-hybridized carbons (Fsp3) is 0.875. The van der Waals surface area contributed by atoms with Gasteiger partial charge in [-0.25, -0.2) is 4.79 Å². The molecule has 0 heterocycles. The van der Waals surface area contributed by atoms with Crippen molar-refractivity contribution in [2.24, 2.45) is 5.92 Å². The summed E-state index contributed by atoms with van der Waals surface area (Å²) in [7, 11) is 0. The van der Waals surface area contributed by atoms with E-state index in [-0.39, 0.29) is 6.04 Å². The molecule has 0 saturated carbocycles. The van der Waals surface area contributed by atoms with E-state index in [9.17, 15) is 4.79 Å². The lowest BCUT2D eigenvalue weighted by Gasteiger charge is -2.16. The summed E-state index contributed by atoms with van der Waals surface area (Å²) < 4.78 is 18.4. The molecule has 0 spiro atoms. The van der Waals surface area contributed by atoms with E-state index in [1.54, 1.807) is 0 Å². The van der Waals surface area contributed by atoms with Gasteiger partial charge in [-0.3, -0.25) is 0 Å². The molecule has 0 saturated heterocycles. The van der Waals surface area contributed by atoms with E-state index in [4.69, 9.17) is 2.74 Å². The summed E-state index contributed by atoms with van der Waals surface area (Å²) in [4.78, 5) is 11.0. The van der Waals surface area contributed by atoms with Crippen LogP contribution < -0.4 is 5.32 Å². The van der Waals surface area contributed by atoms with Crippen molar-refractivity contribution in [2.75, 3.05) is 6.56 Å². The van der Waals surface area contributed by atoms with Crippen LogP contribution in [-0.4, -0.2) is 18.7 Å². The average molecular weight is 161 g/mol. The van der Waals surface area contributed by atoms with E-state index in [1.807, 2.05) is 20.8 Å². The molecular formula is C8H17NO2. The average Bonchev–Trinajstić information content (AvgIpc) is 1.81. The van der Waals surface area contributed by atoms with Gasteiger partial charge < -0.3 is 10.1 Å². The molecule has 0 radical (unpaired) electrons. The minimum absolute atomic E-state index is 0.0187. The second-order valence-electron chi connectivity index (χ2n) is 2.77. The number of rotatable bonds is 3. The van der Waals surface area contributed by atoms with Crippen LogP contribution in [0, 0.1) is 5.92 Å². The Hall–Kier alpha value is -0.730. The maximum Gasteiger partial charge on any atom is 0.407 e. The largest absolute Gasteiger partial charge is 0.450 e. The van der Waals surface area contributed by atoms with Crippen LogP contribution in [0.15, 0.2) is 0 Å². The molecule has 11 heavy (non-hydrogen) atoms. The number of alkyl carbamates (subject to hydrolysis) is 1. The number of hydrogen-bond acceptors (Lipinski definition) is 2. The molecule has 0 aromatic heterocycles. The van der Waals surface area contributed by atoms with Gasteiger partial charge in [0.1, 0.15) is 0 Å². The SMILES string of the molecule is [2H]C([2H])(C)OC(=O)N[C@H](C)C(C)C. The van der Waals surface area contributed by atoms with Crippen LogP contribution in [-0.2, 0) is 4.74 Å². The van der Waals surface area contributed by atoms with Crippen molar-refractivity contribution < 1.29 is 12.3 Å². The van der Waals surface area contributed by atoms with E-state index in [0.29, 0.717) is 5.92 Å². The molecule has 0 unspecified atom stereocenters. The predicted octanol–water partition coefficient (Wildman–Crippen LogP) is 1.78. The number of ether oxygens (including phenoxy) is 1. The van der Waals surface area contributed by atoms with Crippen molar-refractivity contribution in [3.8, 4) is 0 Å². The third-order valence-corrected chi connectivity index (χ3v) is 1.54. The first-order chi connectivity index (χ1) is 5.72. The van der Waals surface area contributed by atoms with Gasteiger partial charge >= 0.3 is 6.09 Å². The number of hydrogen-bond donors (Lipinski definition) is 1. The van der Waals surface area contributed by atoms with Crippen LogP contribution >= 0.6 is 0 Å². The number of carbonyl (C=O) groups excluding carboxylic acids is 1. The Balaban J connectivity index is 3.89. The quantitative estimate of drug-likeness (QED) is 0.685. The molecule has 0 bridgehead atoms. The third kappa shape index (κ3) is 4.65. The molecule has 0 aliphatic rings. The first kappa shape index (κ1) is 6.95. The lowest BCUT2D eigenvalue weighted by atomic mass is 10.1. The molecule has 0 aliphatic heterocycles. The van der Waals surface area contributed by atoms with Crippen LogP contribution in [0.5, 0.6) is 0 Å². The van der Waals surface area contributed by atoms with Crippen molar-refractivity contribution in [3.05, 3.63) is 0 Å². The topological polar surface area (TPSA) is 38.3 Å². The summed E-state index contributed by atoms with van der Waals surface area (Å²) in [5, 5.41) is 2.53. The Bertz CT molecular complexity index is 177. The molecule has 3 heteroatoms. The monoisotopic (exact) mass is 161 g/mol. The highest BCUT2D eigenvalue weighted by molar-refractivity contribution is 5.67. The molecule has 3 nitrogen and oxygen atoms in total. The molecule has 0 aromatic carbocycles. The van der Waals surface area contributed by atoms with Crippen molar-refractivity contribution in [1.29, 1.82) is 0 Å². The molecule has 0 aromatic rings. The van der Waals surface area contributed by atoms with Crippen molar-refractivity contribution in [1.82, 2.24) is 5.32 Å². The van der Waals surface area contributed by atoms with E-state index < -0.39 is 12.7 Å².